The van der Waals surface area contributed by atoms with Gasteiger partial charge < -0.3 is 5.73 Å². The predicted octanol–water partition coefficient (Wildman–Crippen LogP) is 3.38. The highest BCUT2D eigenvalue weighted by Gasteiger charge is 2.18. The number of benzene rings is 1. The number of nitrogens with two attached hydrogens (primary N) is 1. The largest absolute Gasteiger partial charge is 0.383 e. The third-order valence-corrected chi connectivity index (χ3v) is 3.89. The summed E-state index contributed by atoms with van der Waals surface area (Å²) in [5, 5.41) is 0.863. The zero-order valence-electron chi connectivity index (χ0n) is 12.5. The predicted molar refractivity (Wildman–Crippen MR) is 82.2 cm³/mol. The Labute approximate surface area is 122 Å². The van der Waals surface area contributed by atoms with Gasteiger partial charge in [0.2, 0.25) is 0 Å². The molecule has 0 saturated heterocycles. The standard InChI is InChI=1S/C16H17FN4/c1-8-7-12(17)5-6-13(8)21-10(3)9(2)14-15(18)19-11(4)20-16(14)21/h5-7H,1-4H3,(H2,18,19,20). The first-order chi connectivity index (χ1) is 9.90. The summed E-state index contributed by atoms with van der Waals surface area (Å²) < 4.78 is 15.4. The number of aryl methyl sites for hydroxylation is 3. The summed E-state index contributed by atoms with van der Waals surface area (Å²) in [6.07, 6.45) is 0. The van der Waals surface area contributed by atoms with Crippen LogP contribution in [0.2, 0.25) is 0 Å². The fourth-order valence-corrected chi connectivity index (χ4v) is 2.77. The van der Waals surface area contributed by atoms with Gasteiger partial charge in [-0.3, -0.25) is 4.57 Å². The molecule has 0 atom stereocenters. The molecule has 0 spiro atoms. The van der Waals surface area contributed by atoms with E-state index in [1.165, 1.54) is 12.1 Å². The molecule has 4 nitrogen and oxygen atoms in total. The van der Waals surface area contributed by atoms with Crippen molar-refractivity contribution in [1.82, 2.24) is 14.5 Å². The summed E-state index contributed by atoms with van der Waals surface area (Å²) in [5.74, 6) is 0.863. The van der Waals surface area contributed by atoms with Crippen molar-refractivity contribution in [2.75, 3.05) is 5.73 Å². The highest BCUT2D eigenvalue weighted by molar-refractivity contribution is 5.92. The normalized spacial score (nSPS) is 11.3. The molecule has 108 valence electrons. The Bertz CT molecular complexity index is 865. The molecule has 0 amide bonds. The molecule has 2 aromatic heterocycles. The number of hydrogen-bond acceptors (Lipinski definition) is 3. The molecule has 3 aromatic rings. The van der Waals surface area contributed by atoms with Crippen molar-refractivity contribution in [2.45, 2.75) is 27.7 Å². The van der Waals surface area contributed by atoms with Crippen molar-refractivity contribution < 1.29 is 4.39 Å². The Balaban J connectivity index is 2.45. The molecule has 21 heavy (non-hydrogen) atoms. The molecular formula is C16H17FN4. The maximum Gasteiger partial charge on any atom is 0.150 e. The van der Waals surface area contributed by atoms with E-state index in [0.717, 1.165) is 33.5 Å². The van der Waals surface area contributed by atoms with E-state index in [1.54, 1.807) is 6.07 Å². The highest BCUT2D eigenvalue weighted by atomic mass is 19.1. The molecule has 0 aliphatic rings. The van der Waals surface area contributed by atoms with Crippen molar-refractivity contribution in [1.29, 1.82) is 0 Å². The summed E-state index contributed by atoms with van der Waals surface area (Å²) in [6, 6.07) is 4.75. The Hall–Kier alpha value is -2.43. The second-order valence-electron chi connectivity index (χ2n) is 5.33. The third-order valence-electron chi connectivity index (χ3n) is 3.89. The Morgan fingerprint density at radius 2 is 1.81 bits per heavy atom. The second kappa shape index (κ2) is 4.55. The minimum absolute atomic E-state index is 0.243. The Kier molecular flexibility index (Phi) is 2.93. The zero-order chi connectivity index (χ0) is 15.3. The lowest BCUT2D eigenvalue weighted by molar-refractivity contribution is 0.626. The van der Waals surface area contributed by atoms with Gasteiger partial charge >= 0.3 is 0 Å². The van der Waals surface area contributed by atoms with Crippen molar-refractivity contribution in [3.05, 3.63) is 46.7 Å². The van der Waals surface area contributed by atoms with Crippen LogP contribution in [-0.2, 0) is 0 Å². The van der Waals surface area contributed by atoms with Crippen molar-refractivity contribution in [3.8, 4) is 5.69 Å². The summed E-state index contributed by atoms with van der Waals surface area (Å²) in [7, 11) is 0. The molecule has 0 unspecified atom stereocenters. The maximum absolute atomic E-state index is 13.4. The lowest BCUT2D eigenvalue weighted by Gasteiger charge is -2.11. The lowest BCUT2D eigenvalue weighted by Crippen LogP contribution is -2.03. The number of halogens is 1. The van der Waals surface area contributed by atoms with Crippen LogP contribution in [0.3, 0.4) is 0 Å². The molecule has 3 rings (SSSR count). The number of anilines is 1. The minimum Gasteiger partial charge on any atom is -0.383 e. The molecule has 0 radical (unpaired) electrons. The number of rotatable bonds is 1. The van der Waals surface area contributed by atoms with Crippen LogP contribution in [0.15, 0.2) is 18.2 Å². The van der Waals surface area contributed by atoms with E-state index >= 15 is 0 Å². The van der Waals surface area contributed by atoms with E-state index in [1.807, 2.05) is 32.3 Å². The van der Waals surface area contributed by atoms with E-state index < -0.39 is 0 Å². The van der Waals surface area contributed by atoms with Gasteiger partial charge in [-0.25, -0.2) is 14.4 Å². The summed E-state index contributed by atoms with van der Waals surface area (Å²) in [4.78, 5) is 8.78. The summed E-state index contributed by atoms with van der Waals surface area (Å²) >= 11 is 0. The number of nitrogen functional groups attached to an aromatic ring is 1. The SMILES string of the molecule is Cc1nc(N)c2c(C)c(C)n(-c3ccc(F)cc3C)c2n1. The van der Waals surface area contributed by atoms with E-state index in [0.29, 0.717) is 11.6 Å². The van der Waals surface area contributed by atoms with Crippen LogP contribution >= 0.6 is 0 Å². The molecular weight excluding hydrogens is 267 g/mol. The van der Waals surface area contributed by atoms with Gasteiger partial charge in [0.15, 0.2) is 5.65 Å². The molecule has 2 heterocycles. The molecule has 0 fully saturated rings. The van der Waals surface area contributed by atoms with Crippen molar-refractivity contribution >= 4 is 16.9 Å². The summed E-state index contributed by atoms with van der Waals surface area (Å²) in [5.41, 5.74) is 10.7. The zero-order valence-corrected chi connectivity index (χ0v) is 12.5. The minimum atomic E-state index is -0.243. The monoisotopic (exact) mass is 284 g/mol. The van der Waals surface area contributed by atoms with Gasteiger partial charge in [-0.2, -0.15) is 0 Å². The highest BCUT2D eigenvalue weighted by Crippen LogP contribution is 2.31. The molecule has 0 saturated carbocycles. The van der Waals surface area contributed by atoms with E-state index in [2.05, 4.69) is 9.97 Å². The molecule has 1 aromatic carbocycles. The fourth-order valence-electron chi connectivity index (χ4n) is 2.77. The molecule has 0 aliphatic heterocycles. The van der Waals surface area contributed by atoms with Gasteiger partial charge in [-0.15, -0.1) is 0 Å². The van der Waals surface area contributed by atoms with Crippen LogP contribution in [0.4, 0.5) is 10.2 Å². The van der Waals surface area contributed by atoms with Crippen LogP contribution in [0.25, 0.3) is 16.7 Å². The molecule has 0 bridgehead atoms. The quantitative estimate of drug-likeness (QED) is 0.745. The van der Waals surface area contributed by atoms with Gasteiger partial charge in [0.1, 0.15) is 17.5 Å². The lowest BCUT2D eigenvalue weighted by atomic mass is 10.2. The summed E-state index contributed by atoms with van der Waals surface area (Å²) in [6.45, 7) is 7.71. The van der Waals surface area contributed by atoms with Gasteiger partial charge in [-0.05, 0) is 57.0 Å². The first-order valence-corrected chi connectivity index (χ1v) is 6.78. The number of fused-ring (bicyclic) bond motifs is 1. The van der Waals surface area contributed by atoms with Crippen LogP contribution in [0.1, 0.15) is 22.6 Å². The van der Waals surface area contributed by atoms with E-state index in [9.17, 15) is 4.39 Å². The number of hydrogen-bond donors (Lipinski definition) is 1. The first kappa shape index (κ1) is 13.5. The van der Waals surface area contributed by atoms with Crippen LogP contribution in [0.5, 0.6) is 0 Å². The van der Waals surface area contributed by atoms with Gasteiger partial charge in [0.25, 0.3) is 0 Å². The van der Waals surface area contributed by atoms with Crippen LogP contribution < -0.4 is 5.73 Å². The van der Waals surface area contributed by atoms with Crippen molar-refractivity contribution in [2.24, 2.45) is 0 Å². The average Bonchev–Trinajstić information content (AvgIpc) is 2.63. The second-order valence-corrected chi connectivity index (χ2v) is 5.33. The van der Waals surface area contributed by atoms with Crippen LogP contribution in [-0.4, -0.2) is 14.5 Å². The van der Waals surface area contributed by atoms with Gasteiger partial charge in [-0.1, -0.05) is 0 Å². The van der Waals surface area contributed by atoms with Crippen LogP contribution in [0, 0.1) is 33.5 Å². The van der Waals surface area contributed by atoms with Crippen molar-refractivity contribution in [3.63, 3.8) is 0 Å². The topological polar surface area (TPSA) is 56.7 Å². The third kappa shape index (κ3) is 1.96. The number of nitrogens with zero attached hydrogens (tertiary/aromatic N) is 3. The molecule has 2 N–H and O–H groups in total. The van der Waals surface area contributed by atoms with Gasteiger partial charge in [0.05, 0.1) is 11.1 Å². The Morgan fingerprint density at radius 3 is 2.48 bits per heavy atom. The van der Waals surface area contributed by atoms with Gasteiger partial charge in [0, 0.05) is 5.69 Å². The van der Waals surface area contributed by atoms with E-state index in [-0.39, 0.29) is 5.82 Å². The maximum atomic E-state index is 13.4. The smallest absolute Gasteiger partial charge is 0.150 e. The Morgan fingerprint density at radius 1 is 1.10 bits per heavy atom. The molecule has 5 heteroatoms. The number of aromatic nitrogens is 3. The fraction of sp³-hybridized carbons (Fsp3) is 0.250. The first-order valence-electron chi connectivity index (χ1n) is 6.78. The molecule has 0 aliphatic carbocycles. The average molecular weight is 284 g/mol. The van der Waals surface area contributed by atoms with E-state index in [4.69, 9.17) is 5.73 Å².